The zero-order valence-corrected chi connectivity index (χ0v) is 19.2. The highest BCUT2D eigenvalue weighted by Crippen LogP contribution is 2.58. The average Bonchev–Trinajstić information content (AvgIpc) is 3.32. The summed E-state index contributed by atoms with van der Waals surface area (Å²) in [7, 11) is 0. The molecule has 4 atom stereocenters. The van der Waals surface area contributed by atoms with Gasteiger partial charge in [0.1, 0.15) is 0 Å². The van der Waals surface area contributed by atoms with Crippen molar-refractivity contribution in [1.82, 2.24) is 4.90 Å². The van der Waals surface area contributed by atoms with Gasteiger partial charge in [-0.15, -0.1) is 6.58 Å². The lowest BCUT2D eigenvalue weighted by molar-refractivity contribution is 0.125. The largest absolute Gasteiger partial charge is 0.393 e. The average molecular weight is 400 g/mol. The van der Waals surface area contributed by atoms with Crippen molar-refractivity contribution in [1.29, 1.82) is 0 Å². The first-order valence-electron chi connectivity index (χ1n) is 12.4. The summed E-state index contributed by atoms with van der Waals surface area (Å²) in [6.07, 6.45) is 21.9. The van der Waals surface area contributed by atoms with Crippen molar-refractivity contribution < 1.29 is 5.11 Å². The lowest BCUT2D eigenvalue weighted by atomic mass is 9.62. The fourth-order valence-corrected chi connectivity index (χ4v) is 6.53. The van der Waals surface area contributed by atoms with E-state index in [0.29, 0.717) is 5.41 Å². The summed E-state index contributed by atoms with van der Waals surface area (Å²) in [6, 6.07) is 0. The second kappa shape index (κ2) is 11.0. The molecule has 0 radical (unpaired) electrons. The van der Waals surface area contributed by atoms with Gasteiger partial charge in [-0.1, -0.05) is 36.3 Å². The maximum Gasteiger partial charge on any atom is 0.0549 e. The van der Waals surface area contributed by atoms with Crippen molar-refractivity contribution in [3.8, 4) is 0 Å². The van der Waals surface area contributed by atoms with E-state index in [-0.39, 0.29) is 6.10 Å². The van der Waals surface area contributed by atoms with Crippen LogP contribution >= 0.6 is 0 Å². The van der Waals surface area contributed by atoms with Crippen molar-refractivity contribution in [2.75, 3.05) is 19.6 Å². The van der Waals surface area contributed by atoms with Crippen LogP contribution in [-0.2, 0) is 0 Å². The minimum Gasteiger partial charge on any atom is -0.393 e. The van der Waals surface area contributed by atoms with Gasteiger partial charge in [0.15, 0.2) is 0 Å². The van der Waals surface area contributed by atoms with Gasteiger partial charge in [0, 0.05) is 0 Å². The molecule has 1 saturated heterocycles. The van der Waals surface area contributed by atoms with Crippen LogP contribution in [0.3, 0.4) is 0 Å². The molecule has 0 aromatic carbocycles. The van der Waals surface area contributed by atoms with Crippen LogP contribution in [0.15, 0.2) is 36.0 Å². The molecule has 2 saturated carbocycles. The minimum atomic E-state index is -0.257. The summed E-state index contributed by atoms with van der Waals surface area (Å²) in [5.74, 6) is 1.71. The Balaban J connectivity index is 1.62. The normalized spacial score (nSPS) is 33.2. The molecule has 1 unspecified atom stereocenters. The van der Waals surface area contributed by atoms with Gasteiger partial charge < -0.3 is 10.0 Å². The van der Waals surface area contributed by atoms with Crippen LogP contribution in [0.1, 0.15) is 90.9 Å². The molecule has 3 fully saturated rings. The second-order valence-electron chi connectivity index (χ2n) is 10.3. The van der Waals surface area contributed by atoms with E-state index in [4.69, 9.17) is 0 Å². The van der Waals surface area contributed by atoms with Gasteiger partial charge in [-0.25, -0.2) is 0 Å². The first-order chi connectivity index (χ1) is 14.0. The van der Waals surface area contributed by atoms with Crippen molar-refractivity contribution in [2.24, 2.45) is 17.3 Å². The van der Waals surface area contributed by atoms with E-state index >= 15 is 0 Å². The number of likely N-dealkylation sites (tertiary alicyclic amines) is 1. The molecule has 1 aliphatic heterocycles. The van der Waals surface area contributed by atoms with E-state index in [2.05, 4.69) is 30.6 Å². The van der Waals surface area contributed by atoms with Crippen LogP contribution in [0.25, 0.3) is 0 Å². The molecule has 2 heteroatoms. The first-order valence-corrected chi connectivity index (χ1v) is 12.4. The lowest BCUT2D eigenvalue weighted by Crippen LogP contribution is -2.33. The fourth-order valence-electron chi connectivity index (χ4n) is 6.53. The van der Waals surface area contributed by atoms with Crippen LogP contribution in [0.4, 0.5) is 0 Å². The van der Waals surface area contributed by atoms with Crippen molar-refractivity contribution in [3.05, 3.63) is 36.0 Å². The highest BCUT2D eigenvalue weighted by molar-refractivity contribution is 5.25. The predicted octanol–water partition coefficient (Wildman–Crippen LogP) is 6.67. The molecule has 1 N–H and O–H groups in total. The number of rotatable bonds is 10. The lowest BCUT2D eigenvalue weighted by Gasteiger charge is -2.42. The summed E-state index contributed by atoms with van der Waals surface area (Å²) in [6.45, 7) is 12.4. The molecule has 2 nitrogen and oxygen atoms in total. The van der Waals surface area contributed by atoms with Gasteiger partial charge in [0.2, 0.25) is 0 Å². The van der Waals surface area contributed by atoms with Crippen LogP contribution in [0.5, 0.6) is 0 Å². The SMILES string of the molecule is C=CCC/C(=C/C=C1\CCC[C@@]2(C)C1CC[C@@H]2CCCN1CCCC1)C[C@H](C)O. The van der Waals surface area contributed by atoms with Gasteiger partial charge >= 0.3 is 0 Å². The van der Waals surface area contributed by atoms with Crippen molar-refractivity contribution in [2.45, 2.75) is 97.0 Å². The van der Waals surface area contributed by atoms with E-state index in [9.17, 15) is 5.11 Å². The number of fused-ring (bicyclic) bond motifs is 1. The monoisotopic (exact) mass is 399 g/mol. The number of allylic oxidation sites excluding steroid dienone is 4. The standard InChI is InChI=1S/C27H45NO/c1-4-5-10-23(21-22(2)29)13-14-24-11-8-17-27(3)25(15-16-26(24)27)12-9-20-28-18-6-7-19-28/h4,13-14,22,25-26,29H,1,5-12,15-21H2,2-3H3/b23-13-,24-14+/t22-,25-,26?,27+/m0/s1. The third-order valence-corrected chi connectivity index (χ3v) is 8.15. The van der Waals surface area contributed by atoms with Crippen molar-refractivity contribution >= 4 is 0 Å². The Morgan fingerprint density at radius 1 is 1.28 bits per heavy atom. The Morgan fingerprint density at radius 3 is 2.79 bits per heavy atom. The number of hydrogen-bond acceptors (Lipinski definition) is 2. The van der Waals surface area contributed by atoms with Gasteiger partial charge in [-0.2, -0.15) is 0 Å². The smallest absolute Gasteiger partial charge is 0.0549 e. The second-order valence-corrected chi connectivity index (χ2v) is 10.3. The van der Waals surface area contributed by atoms with Crippen LogP contribution in [0, 0.1) is 17.3 Å². The van der Waals surface area contributed by atoms with E-state index in [1.807, 2.05) is 13.0 Å². The Labute approximate surface area is 180 Å². The Bertz CT molecular complexity index is 583. The molecule has 1 heterocycles. The number of aliphatic hydroxyl groups excluding tert-OH is 1. The molecular weight excluding hydrogens is 354 g/mol. The summed E-state index contributed by atoms with van der Waals surface area (Å²) in [5.41, 5.74) is 3.59. The van der Waals surface area contributed by atoms with E-state index in [1.165, 1.54) is 83.0 Å². The summed E-state index contributed by atoms with van der Waals surface area (Å²) in [4.78, 5) is 2.68. The summed E-state index contributed by atoms with van der Waals surface area (Å²) >= 11 is 0. The highest BCUT2D eigenvalue weighted by atomic mass is 16.3. The zero-order valence-electron chi connectivity index (χ0n) is 19.2. The molecule has 0 spiro atoms. The summed E-state index contributed by atoms with van der Waals surface area (Å²) < 4.78 is 0. The third kappa shape index (κ3) is 6.07. The Hall–Kier alpha value is -0.860. The molecule has 2 aliphatic carbocycles. The van der Waals surface area contributed by atoms with Crippen LogP contribution in [0.2, 0.25) is 0 Å². The molecule has 0 bridgehead atoms. The molecular formula is C27H45NO. The summed E-state index contributed by atoms with van der Waals surface area (Å²) in [5, 5.41) is 9.86. The molecule has 3 aliphatic rings. The molecule has 29 heavy (non-hydrogen) atoms. The van der Waals surface area contributed by atoms with Crippen LogP contribution in [-0.4, -0.2) is 35.7 Å². The first kappa shape index (κ1) is 22.8. The molecule has 3 rings (SSSR count). The predicted molar refractivity (Wildman–Crippen MR) is 125 cm³/mol. The number of nitrogens with zero attached hydrogens (tertiary/aromatic N) is 1. The van der Waals surface area contributed by atoms with Crippen LogP contribution < -0.4 is 0 Å². The number of hydrogen-bond donors (Lipinski definition) is 1. The molecule has 0 aromatic rings. The van der Waals surface area contributed by atoms with Crippen molar-refractivity contribution in [3.63, 3.8) is 0 Å². The van der Waals surface area contributed by atoms with Gasteiger partial charge in [-0.05, 0) is 121 Å². The van der Waals surface area contributed by atoms with Gasteiger partial charge in [-0.3, -0.25) is 0 Å². The quantitative estimate of drug-likeness (QED) is 0.415. The topological polar surface area (TPSA) is 23.5 Å². The van der Waals surface area contributed by atoms with Gasteiger partial charge in [0.25, 0.3) is 0 Å². The van der Waals surface area contributed by atoms with E-state index in [1.54, 1.807) is 5.57 Å². The number of aliphatic hydroxyl groups is 1. The Kier molecular flexibility index (Phi) is 8.62. The fraction of sp³-hybridized carbons (Fsp3) is 0.778. The highest BCUT2D eigenvalue weighted by Gasteiger charge is 2.48. The molecule has 0 aromatic heterocycles. The van der Waals surface area contributed by atoms with Gasteiger partial charge in [0.05, 0.1) is 6.10 Å². The zero-order chi connectivity index (χ0) is 20.7. The molecule has 0 amide bonds. The molecule has 164 valence electrons. The minimum absolute atomic E-state index is 0.257. The Morgan fingerprint density at radius 2 is 2.07 bits per heavy atom. The van der Waals surface area contributed by atoms with E-state index in [0.717, 1.165) is 31.1 Å². The van der Waals surface area contributed by atoms with E-state index < -0.39 is 0 Å². The third-order valence-electron chi connectivity index (χ3n) is 8.15. The maximum atomic E-state index is 9.86. The maximum absolute atomic E-state index is 9.86.